The Balaban J connectivity index is 1.67. The van der Waals surface area contributed by atoms with Crippen LogP contribution in [-0.2, 0) is 10.0 Å². The van der Waals surface area contributed by atoms with Gasteiger partial charge in [-0.1, -0.05) is 35.3 Å². The molecule has 0 fully saturated rings. The highest BCUT2D eigenvalue weighted by molar-refractivity contribution is 7.89. The largest absolute Gasteiger partial charge is 0.423 e. The van der Waals surface area contributed by atoms with E-state index >= 15 is 0 Å². The lowest BCUT2D eigenvalue weighted by molar-refractivity contribution is 0.0735. The molecule has 9 heteroatoms. The minimum absolute atomic E-state index is 0.0321. The van der Waals surface area contributed by atoms with Crippen LogP contribution in [0.15, 0.2) is 82.8 Å². The lowest BCUT2D eigenvalue weighted by Crippen LogP contribution is -2.18. The van der Waals surface area contributed by atoms with Gasteiger partial charge in [-0.25, -0.2) is 9.63 Å². The molecular formula is C20H14Cl2N2O4S. The van der Waals surface area contributed by atoms with E-state index < -0.39 is 16.0 Å². The van der Waals surface area contributed by atoms with Crippen molar-refractivity contribution in [1.29, 1.82) is 0 Å². The number of halogens is 2. The van der Waals surface area contributed by atoms with Crippen LogP contribution in [0.25, 0.3) is 0 Å². The van der Waals surface area contributed by atoms with Gasteiger partial charge in [0, 0.05) is 10.0 Å². The molecule has 3 aromatic carbocycles. The third-order valence-corrected chi connectivity index (χ3v) is 5.40. The van der Waals surface area contributed by atoms with Crippen LogP contribution in [0.3, 0.4) is 0 Å². The summed E-state index contributed by atoms with van der Waals surface area (Å²) in [6.07, 6.45) is 1.30. The standard InChI is InChI=1S/C20H14Cl2N2O4S/c21-16-6-4-15(5-7-16)20(25)28-18-3-1-2-14(12-18)13-23-24-29(26,27)19-10-8-17(22)9-11-19/h1-13,24H. The van der Waals surface area contributed by atoms with Crippen molar-refractivity contribution in [2.45, 2.75) is 4.90 Å². The van der Waals surface area contributed by atoms with E-state index in [1.165, 1.54) is 30.5 Å². The third kappa shape index (κ3) is 5.80. The van der Waals surface area contributed by atoms with Gasteiger partial charge in [0.2, 0.25) is 0 Å². The van der Waals surface area contributed by atoms with Crippen LogP contribution in [0.2, 0.25) is 10.0 Å². The first-order valence-electron chi connectivity index (χ1n) is 8.22. The lowest BCUT2D eigenvalue weighted by Gasteiger charge is -2.05. The molecule has 0 spiro atoms. The zero-order valence-electron chi connectivity index (χ0n) is 14.7. The summed E-state index contributed by atoms with van der Waals surface area (Å²) in [6, 6.07) is 18.5. The summed E-state index contributed by atoms with van der Waals surface area (Å²) in [5, 5.41) is 4.69. The first-order valence-corrected chi connectivity index (χ1v) is 10.5. The van der Waals surface area contributed by atoms with E-state index in [2.05, 4.69) is 9.93 Å². The molecule has 29 heavy (non-hydrogen) atoms. The Bertz CT molecular complexity index is 1150. The quantitative estimate of drug-likeness (QED) is 0.260. The topological polar surface area (TPSA) is 84.8 Å². The van der Waals surface area contributed by atoms with E-state index in [9.17, 15) is 13.2 Å². The van der Waals surface area contributed by atoms with Crippen molar-refractivity contribution in [3.05, 3.63) is 94.0 Å². The second kappa shape index (κ2) is 9.09. The number of hydrogen-bond donors (Lipinski definition) is 1. The summed E-state index contributed by atoms with van der Waals surface area (Å²) >= 11 is 11.6. The number of carbonyl (C=O) groups excluding carboxylic acids is 1. The summed E-state index contributed by atoms with van der Waals surface area (Å²) in [5.41, 5.74) is 0.884. The Morgan fingerprint density at radius 2 is 1.55 bits per heavy atom. The number of esters is 1. The molecule has 0 aromatic heterocycles. The van der Waals surface area contributed by atoms with Crippen LogP contribution >= 0.6 is 23.2 Å². The molecule has 6 nitrogen and oxygen atoms in total. The maximum Gasteiger partial charge on any atom is 0.343 e. The van der Waals surface area contributed by atoms with Gasteiger partial charge in [-0.05, 0) is 66.2 Å². The Kier molecular flexibility index (Phi) is 6.53. The Labute approximate surface area is 177 Å². The Hall–Kier alpha value is -2.87. The molecule has 0 radical (unpaired) electrons. The Morgan fingerprint density at radius 3 is 2.21 bits per heavy atom. The van der Waals surface area contributed by atoms with Gasteiger partial charge in [0.15, 0.2) is 0 Å². The van der Waals surface area contributed by atoms with Crippen molar-refractivity contribution in [2.24, 2.45) is 5.10 Å². The predicted octanol–water partition coefficient (Wildman–Crippen LogP) is 4.53. The molecule has 3 aromatic rings. The fraction of sp³-hybridized carbons (Fsp3) is 0. The summed E-state index contributed by atoms with van der Waals surface area (Å²) < 4.78 is 29.7. The molecule has 0 aliphatic rings. The maximum atomic E-state index is 12.2. The average molecular weight is 449 g/mol. The van der Waals surface area contributed by atoms with E-state index in [4.69, 9.17) is 27.9 Å². The molecule has 0 atom stereocenters. The van der Waals surface area contributed by atoms with Crippen LogP contribution in [0.1, 0.15) is 15.9 Å². The van der Waals surface area contributed by atoms with Crippen LogP contribution in [0.4, 0.5) is 0 Å². The average Bonchev–Trinajstić information content (AvgIpc) is 2.69. The zero-order valence-corrected chi connectivity index (χ0v) is 17.1. The summed E-state index contributed by atoms with van der Waals surface area (Å²) in [7, 11) is -3.82. The van der Waals surface area contributed by atoms with Crippen LogP contribution in [-0.4, -0.2) is 20.6 Å². The number of nitrogens with zero attached hydrogens (tertiary/aromatic N) is 1. The first-order chi connectivity index (χ1) is 13.8. The summed E-state index contributed by atoms with van der Waals surface area (Å²) in [5.74, 6) is -0.256. The van der Waals surface area contributed by atoms with Gasteiger partial charge in [0.1, 0.15) is 5.75 Å². The highest BCUT2D eigenvalue weighted by Gasteiger charge is 2.12. The minimum Gasteiger partial charge on any atom is -0.423 e. The van der Waals surface area contributed by atoms with Crippen LogP contribution < -0.4 is 9.57 Å². The van der Waals surface area contributed by atoms with Gasteiger partial charge < -0.3 is 4.74 Å². The molecule has 0 bridgehead atoms. The SMILES string of the molecule is O=C(Oc1cccc(C=NNS(=O)(=O)c2ccc(Cl)cc2)c1)c1ccc(Cl)cc1. The molecule has 0 aliphatic heterocycles. The molecule has 3 rings (SSSR count). The molecule has 0 saturated heterocycles. The van der Waals surface area contributed by atoms with Crippen LogP contribution in [0.5, 0.6) is 5.75 Å². The fourth-order valence-electron chi connectivity index (χ4n) is 2.25. The fourth-order valence-corrected chi connectivity index (χ4v) is 3.29. The molecule has 148 valence electrons. The molecule has 0 amide bonds. The van der Waals surface area contributed by atoms with E-state index in [-0.39, 0.29) is 10.6 Å². The van der Waals surface area contributed by atoms with Crippen molar-refractivity contribution >= 4 is 45.4 Å². The van der Waals surface area contributed by atoms with Crippen molar-refractivity contribution < 1.29 is 17.9 Å². The highest BCUT2D eigenvalue weighted by Crippen LogP contribution is 2.16. The van der Waals surface area contributed by atoms with Crippen molar-refractivity contribution in [2.75, 3.05) is 0 Å². The molecule has 0 saturated carbocycles. The van der Waals surface area contributed by atoms with Gasteiger partial charge in [0.25, 0.3) is 10.0 Å². The highest BCUT2D eigenvalue weighted by atomic mass is 35.5. The molecule has 0 unspecified atom stereocenters. The molecular weight excluding hydrogens is 435 g/mol. The van der Waals surface area contributed by atoms with Crippen molar-refractivity contribution in [1.82, 2.24) is 4.83 Å². The molecule has 0 heterocycles. The van der Waals surface area contributed by atoms with E-state index in [1.807, 2.05) is 0 Å². The first kappa shape index (κ1) is 20.9. The van der Waals surface area contributed by atoms with Gasteiger partial charge in [-0.15, -0.1) is 0 Å². The monoisotopic (exact) mass is 448 g/mol. The second-order valence-corrected chi connectivity index (χ2v) is 8.31. The van der Waals surface area contributed by atoms with Crippen molar-refractivity contribution in [3.8, 4) is 5.75 Å². The second-order valence-electron chi connectivity index (χ2n) is 5.78. The van der Waals surface area contributed by atoms with E-state index in [1.54, 1.807) is 48.5 Å². The van der Waals surface area contributed by atoms with Gasteiger partial charge in [-0.2, -0.15) is 13.5 Å². The normalized spacial score (nSPS) is 11.4. The number of benzene rings is 3. The van der Waals surface area contributed by atoms with Gasteiger partial charge in [0.05, 0.1) is 16.7 Å². The van der Waals surface area contributed by atoms with E-state index in [0.717, 1.165) is 0 Å². The summed E-state index contributed by atoms with van der Waals surface area (Å²) in [6.45, 7) is 0. The smallest absolute Gasteiger partial charge is 0.343 e. The van der Waals surface area contributed by atoms with Gasteiger partial charge in [-0.3, -0.25) is 0 Å². The van der Waals surface area contributed by atoms with Gasteiger partial charge >= 0.3 is 5.97 Å². The van der Waals surface area contributed by atoms with Crippen LogP contribution in [0, 0.1) is 0 Å². The van der Waals surface area contributed by atoms with E-state index in [0.29, 0.717) is 21.2 Å². The number of ether oxygens (including phenoxy) is 1. The molecule has 0 aliphatic carbocycles. The summed E-state index contributed by atoms with van der Waals surface area (Å²) in [4.78, 5) is 14.3. The Morgan fingerprint density at radius 1 is 0.931 bits per heavy atom. The number of rotatable bonds is 6. The predicted molar refractivity (Wildman–Crippen MR) is 112 cm³/mol. The zero-order chi connectivity index (χ0) is 20.9. The number of carbonyl (C=O) groups is 1. The molecule has 1 N–H and O–H groups in total. The number of hydrazone groups is 1. The lowest BCUT2D eigenvalue weighted by atomic mass is 10.2. The third-order valence-electron chi connectivity index (χ3n) is 3.66. The minimum atomic E-state index is -3.82. The van der Waals surface area contributed by atoms with Crippen molar-refractivity contribution in [3.63, 3.8) is 0 Å². The number of nitrogens with one attached hydrogen (secondary N) is 1. The number of sulfonamides is 1. The maximum absolute atomic E-state index is 12.2. The number of hydrogen-bond acceptors (Lipinski definition) is 5.